The first kappa shape index (κ1) is 16.2. The van der Waals surface area contributed by atoms with E-state index in [-0.39, 0.29) is 11.6 Å². The van der Waals surface area contributed by atoms with E-state index in [2.05, 4.69) is 64.2 Å². The Bertz CT molecular complexity index is 351. The van der Waals surface area contributed by atoms with E-state index in [0.29, 0.717) is 6.61 Å². The first-order valence-electron chi connectivity index (χ1n) is 7.42. The van der Waals surface area contributed by atoms with Crippen LogP contribution in [0.4, 0.5) is 0 Å². The fourth-order valence-corrected chi connectivity index (χ4v) is 2.06. The molecule has 0 radical (unpaired) electrons. The average Bonchev–Trinajstić information content (AvgIpc) is 2.35. The fourth-order valence-electron chi connectivity index (χ4n) is 2.06. The summed E-state index contributed by atoms with van der Waals surface area (Å²) in [6.45, 7) is 12.3. The lowest BCUT2D eigenvalue weighted by Gasteiger charge is -2.25. The van der Waals surface area contributed by atoms with Crippen molar-refractivity contribution in [2.75, 3.05) is 13.2 Å². The van der Waals surface area contributed by atoms with Crippen molar-refractivity contribution in [3.05, 3.63) is 35.4 Å². The number of benzene rings is 1. The van der Waals surface area contributed by atoms with Gasteiger partial charge in [-0.15, -0.1) is 0 Å². The predicted octanol–water partition coefficient (Wildman–Crippen LogP) is 4.10. The van der Waals surface area contributed by atoms with Gasteiger partial charge in [-0.1, -0.05) is 44.5 Å². The van der Waals surface area contributed by atoms with Crippen LogP contribution in [0.15, 0.2) is 24.3 Å². The van der Waals surface area contributed by atoms with E-state index in [1.54, 1.807) is 0 Å². The molecule has 1 aromatic rings. The number of hydrogen-bond donors (Lipinski definition) is 1. The number of ether oxygens (including phenoxy) is 1. The Kier molecular flexibility index (Phi) is 6.53. The quantitative estimate of drug-likeness (QED) is 0.799. The van der Waals surface area contributed by atoms with Crippen LogP contribution in [0.5, 0.6) is 0 Å². The van der Waals surface area contributed by atoms with Gasteiger partial charge < -0.3 is 10.1 Å². The van der Waals surface area contributed by atoms with E-state index in [0.717, 1.165) is 13.0 Å². The smallest absolute Gasteiger partial charge is 0.0668 e. The summed E-state index contributed by atoms with van der Waals surface area (Å²) >= 11 is 0. The van der Waals surface area contributed by atoms with Gasteiger partial charge in [0.25, 0.3) is 0 Å². The monoisotopic (exact) mass is 263 g/mol. The second-order valence-corrected chi connectivity index (χ2v) is 6.03. The van der Waals surface area contributed by atoms with Crippen molar-refractivity contribution in [1.29, 1.82) is 0 Å². The van der Waals surface area contributed by atoms with Gasteiger partial charge in [0, 0.05) is 0 Å². The van der Waals surface area contributed by atoms with Crippen molar-refractivity contribution >= 4 is 0 Å². The SMILES string of the molecule is CCCc1ccc(C(COC(C)(C)C)NCC)cc1. The zero-order chi connectivity index (χ0) is 14.3. The molecule has 0 aliphatic heterocycles. The van der Waals surface area contributed by atoms with Crippen LogP contribution in [0.3, 0.4) is 0 Å². The zero-order valence-corrected chi connectivity index (χ0v) is 13.1. The van der Waals surface area contributed by atoms with Crippen molar-refractivity contribution in [3.8, 4) is 0 Å². The maximum atomic E-state index is 5.91. The Balaban J connectivity index is 2.69. The minimum absolute atomic E-state index is 0.0875. The molecule has 0 fully saturated rings. The summed E-state index contributed by atoms with van der Waals surface area (Å²) in [5, 5.41) is 3.50. The van der Waals surface area contributed by atoms with Gasteiger partial charge in [-0.25, -0.2) is 0 Å². The molecule has 0 amide bonds. The number of nitrogens with one attached hydrogen (secondary N) is 1. The largest absolute Gasteiger partial charge is 0.374 e. The highest BCUT2D eigenvalue weighted by atomic mass is 16.5. The van der Waals surface area contributed by atoms with E-state index in [1.165, 1.54) is 17.5 Å². The van der Waals surface area contributed by atoms with Gasteiger partial charge in [0.15, 0.2) is 0 Å². The van der Waals surface area contributed by atoms with Crippen LogP contribution in [0.2, 0.25) is 0 Å². The number of hydrogen-bond acceptors (Lipinski definition) is 2. The summed E-state index contributed by atoms with van der Waals surface area (Å²) in [5.41, 5.74) is 2.64. The van der Waals surface area contributed by atoms with Crippen LogP contribution in [-0.4, -0.2) is 18.8 Å². The summed E-state index contributed by atoms with van der Waals surface area (Å²) in [5.74, 6) is 0. The molecule has 1 unspecified atom stereocenters. The second kappa shape index (κ2) is 7.66. The lowest BCUT2D eigenvalue weighted by Crippen LogP contribution is -2.30. The first-order valence-corrected chi connectivity index (χ1v) is 7.42. The molecule has 1 rings (SSSR count). The summed E-state index contributed by atoms with van der Waals surface area (Å²) < 4.78 is 5.91. The van der Waals surface area contributed by atoms with Crippen molar-refractivity contribution in [2.24, 2.45) is 0 Å². The van der Waals surface area contributed by atoms with Crippen LogP contribution in [0, 0.1) is 0 Å². The Hall–Kier alpha value is -0.860. The van der Waals surface area contributed by atoms with Crippen LogP contribution < -0.4 is 5.32 Å². The third-order valence-corrected chi connectivity index (χ3v) is 3.05. The van der Waals surface area contributed by atoms with Crippen molar-refractivity contribution < 1.29 is 4.74 Å². The highest BCUT2D eigenvalue weighted by molar-refractivity contribution is 5.25. The molecule has 19 heavy (non-hydrogen) atoms. The zero-order valence-electron chi connectivity index (χ0n) is 13.1. The Morgan fingerprint density at radius 2 is 1.74 bits per heavy atom. The molecular formula is C17H29NO. The van der Waals surface area contributed by atoms with Crippen molar-refractivity contribution in [3.63, 3.8) is 0 Å². The molecule has 0 saturated heterocycles. The minimum atomic E-state index is -0.0875. The van der Waals surface area contributed by atoms with E-state index < -0.39 is 0 Å². The maximum Gasteiger partial charge on any atom is 0.0668 e. The van der Waals surface area contributed by atoms with Gasteiger partial charge >= 0.3 is 0 Å². The van der Waals surface area contributed by atoms with Gasteiger partial charge in [-0.3, -0.25) is 0 Å². The van der Waals surface area contributed by atoms with Gasteiger partial charge in [0.1, 0.15) is 0 Å². The standard InChI is InChI=1S/C17H29NO/c1-6-8-14-9-11-15(12-10-14)16(18-7-2)13-19-17(3,4)5/h9-12,16,18H,6-8,13H2,1-5H3. The third kappa shape index (κ3) is 6.22. The first-order chi connectivity index (χ1) is 8.96. The van der Waals surface area contributed by atoms with Crippen molar-refractivity contribution in [2.45, 2.75) is 59.1 Å². The molecule has 0 heterocycles. The minimum Gasteiger partial charge on any atom is -0.374 e. The second-order valence-electron chi connectivity index (χ2n) is 6.03. The molecule has 108 valence electrons. The molecule has 0 bridgehead atoms. The number of aryl methyl sites for hydroxylation is 1. The van der Waals surface area contributed by atoms with Crippen LogP contribution in [0.1, 0.15) is 58.2 Å². The van der Waals surface area contributed by atoms with Gasteiger partial charge in [0.05, 0.1) is 18.2 Å². The summed E-state index contributed by atoms with van der Waals surface area (Å²) in [7, 11) is 0. The number of rotatable bonds is 7. The van der Waals surface area contributed by atoms with E-state index >= 15 is 0 Å². The predicted molar refractivity (Wildman–Crippen MR) is 82.6 cm³/mol. The highest BCUT2D eigenvalue weighted by Gasteiger charge is 2.16. The van der Waals surface area contributed by atoms with Gasteiger partial charge in [-0.2, -0.15) is 0 Å². The normalized spacial score (nSPS) is 13.5. The Morgan fingerprint density at radius 3 is 2.21 bits per heavy atom. The molecule has 0 saturated carbocycles. The summed E-state index contributed by atoms with van der Waals surface area (Å²) in [4.78, 5) is 0. The van der Waals surface area contributed by atoms with Crippen molar-refractivity contribution in [1.82, 2.24) is 5.32 Å². The molecule has 0 aliphatic carbocycles. The third-order valence-electron chi connectivity index (χ3n) is 3.05. The van der Waals surface area contributed by atoms with E-state index in [9.17, 15) is 0 Å². The average molecular weight is 263 g/mol. The molecule has 0 spiro atoms. The molecular weight excluding hydrogens is 234 g/mol. The topological polar surface area (TPSA) is 21.3 Å². The lowest BCUT2D eigenvalue weighted by atomic mass is 10.0. The van der Waals surface area contributed by atoms with Crippen LogP contribution in [-0.2, 0) is 11.2 Å². The van der Waals surface area contributed by atoms with Crippen LogP contribution in [0.25, 0.3) is 0 Å². The summed E-state index contributed by atoms with van der Waals surface area (Å²) in [6.07, 6.45) is 2.35. The molecule has 2 heteroatoms. The molecule has 1 N–H and O–H groups in total. The molecule has 2 nitrogen and oxygen atoms in total. The van der Waals surface area contributed by atoms with E-state index in [4.69, 9.17) is 4.74 Å². The van der Waals surface area contributed by atoms with E-state index in [1.807, 2.05) is 0 Å². The fraction of sp³-hybridized carbons (Fsp3) is 0.647. The Labute approximate surface area is 118 Å². The van der Waals surface area contributed by atoms with Gasteiger partial charge in [-0.05, 0) is 44.9 Å². The summed E-state index contributed by atoms with van der Waals surface area (Å²) in [6, 6.07) is 9.20. The molecule has 0 aromatic heterocycles. The molecule has 0 aliphatic rings. The lowest BCUT2D eigenvalue weighted by molar-refractivity contribution is -0.0146. The maximum absolute atomic E-state index is 5.91. The Morgan fingerprint density at radius 1 is 1.11 bits per heavy atom. The molecule has 1 atom stereocenters. The highest BCUT2D eigenvalue weighted by Crippen LogP contribution is 2.18. The van der Waals surface area contributed by atoms with Crippen LogP contribution >= 0.6 is 0 Å². The molecule has 1 aromatic carbocycles. The van der Waals surface area contributed by atoms with Gasteiger partial charge in [0.2, 0.25) is 0 Å². The number of likely N-dealkylation sites (N-methyl/N-ethyl adjacent to an activating group) is 1.